The number of methoxy groups -OCH3 is 1. The Labute approximate surface area is 276 Å². The average molecular weight is 648 g/mol. The van der Waals surface area contributed by atoms with Crippen LogP contribution in [0.5, 0.6) is 5.75 Å². The summed E-state index contributed by atoms with van der Waals surface area (Å²) < 4.78 is 5.40. The number of rotatable bonds is 11. The molecule has 5 rings (SSSR count). The maximum absolute atomic E-state index is 13.5. The van der Waals surface area contributed by atoms with Gasteiger partial charge in [0.15, 0.2) is 0 Å². The van der Waals surface area contributed by atoms with Crippen molar-refractivity contribution in [3.8, 4) is 5.75 Å². The third-order valence-electron chi connectivity index (χ3n) is 6.81. The SMILES string of the molecule is COc1ccccc1NC(=O)C(Sc1ccc(NC(=O)/C(=C/c2ccccc2Cl)NC(=O)c2ccccc2)cc1)c1ccccc1. The summed E-state index contributed by atoms with van der Waals surface area (Å²) in [5.74, 6) is -0.598. The van der Waals surface area contributed by atoms with Gasteiger partial charge >= 0.3 is 0 Å². The van der Waals surface area contributed by atoms with Crippen molar-refractivity contribution in [2.75, 3.05) is 17.7 Å². The van der Waals surface area contributed by atoms with Crippen LogP contribution in [0.2, 0.25) is 5.02 Å². The van der Waals surface area contributed by atoms with Gasteiger partial charge in [-0.1, -0.05) is 90.5 Å². The normalized spacial score (nSPS) is 11.7. The van der Waals surface area contributed by atoms with Crippen LogP contribution in [0.3, 0.4) is 0 Å². The molecule has 0 aromatic heterocycles. The van der Waals surface area contributed by atoms with E-state index >= 15 is 0 Å². The van der Waals surface area contributed by atoms with E-state index in [2.05, 4.69) is 16.0 Å². The van der Waals surface area contributed by atoms with E-state index in [9.17, 15) is 14.4 Å². The predicted octanol–water partition coefficient (Wildman–Crippen LogP) is 8.23. The lowest BCUT2D eigenvalue weighted by atomic mass is 10.1. The lowest BCUT2D eigenvalue weighted by molar-refractivity contribution is -0.116. The molecule has 0 spiro atoms. The van der Waals surface area contributed by atoms with Crippen molar-refractivity contribution in [3.63, 3.8) is 0 Å². The van der Waals surface area contributed by atoms with Gasteiger partial charge in [-0.25, -0.2) is 0 Å². The zero-order valence-corrected chi connectivity index (χ0v) is 26.3. The summed E-state index contributed by atoms with van der Waals surface area (Å²) in [6, 6.07) is 39.5. The van der Waals surface area contributed by atoms with E-state index in [0.29, 0.717) is 33.3 Å². The summed E-state index contributed by atoms with van der Waals surface area (Å²) >= 11 is 7.72. The molecule has 230 valence electrons. The van der Waals surface area contributed by atoms with Gasteiger partial charge in [0.05, 0.1) is 12.8 Å². The van der Waals surface area contributed by atoms with Crippen LogP contribution < -0.4 is 20.7 Å². The zero-order valence-electron chi connectivity index (χ0n) is 24.8. The van der Waals surface area contributed by atoms with Crippen molar-refractivity contribution in [2.24, 2.45) is 0 Å². The van der Waals surface area contributed by atoms with Gasteiger partial charge in [-0.15, -0.1) is 11.8 Å². The second-order valence-corrected chi connectivity index (χ2v) is 11.6. The number of anilines is 2. The first-order valence-corrected chi connectivity index (χ1v) is 15.6. The summed E-state index contributed by atoms with van der Waals surface area (Å²) in [5, 5.41) is 8.43. The smallest absolute Gasteiger partial charge is 0.272 e. The Kier molecular flexibility index (Phi) is 10.9. The molecule has 0 aliphatic rings. The number of para-hydroxylation sites is 2. The van der Waals surface area contributed by atoms with E-state index < -0.39 is 17.1 Å². The minimum atomic E-state index is -0.565. The molecule has 0 saturated carbocycles. The monoisotopic (exact) mass is 647 g/mol. The molecule has 0 aliphatic carbocycles. The molecule has 9 heteroatoms. The molecule has 46 heavy (non-hydrogen) atoms. The molecular weight excluding hydrogens is 618 g/mol. The van der Waals surface area contributed by atoms with Crippen LogP contribution in [0.15, 0.2) is 144 Å². The first-order valence-electron chi connectivity index (χ1n) is 14.3. The Morgan fingerprint density at radius 2 is 1.37 bits per heavy atom. The highest BCUT2D eigenvalue weighted by Crippen LogP contribution is 2.37. The molecule has 1 atom stereocenters. The largest absolute Gasteiger partial charge is 0.495 e. The van der Waals surface area contributed by atoms with Crippen molar-refractivity contribution in [1.29, 1.82) is 0 Å². The fraction of sp³-hybridized carbons (Fsp3) is 0.0541. The standard InChI is InChI=1S/C37H30ClN3O4S/c1-45-33-19-11-10-18-31(33)40-37(44)34(25-12-4-2-5-13-25)46-29-22-20-28(21-23-29)39-36(43)32(24-27-16-8-9-17-30(27)38)41-35(42)26-14-6-3-7-15-26/h2-24,34H,1H3,(H,39,43)(H,40,44)(H,41,42)/b32-24-. The Morgan fingerprint density at radius 1 is 0.739 bits per heavy atom. The number of ether oxygens (including phenoxy) is 1. The third kappa shape index (κ3) is 8.44. The molecule has 0 radical (unpaired) electrons. The molecule has 7 nitrogen and oxygen atoms in total. The fourth-order valence-corrected chi connectivity index (χ4v) is 5.70. The minimum absolute atomic E-state index is 0.0255. The molecule has 1 unspecified atom stereocenters. The van der Waals surface area contributed by atoms with Crippen LogP contribution >= 0.6 is 23.4 Å². The number of halogens is 1. The Morgan fingerprint density at radius 3 is 2.07 bits per heavy atom. The third-order valence-corrected chi connectivity index (χ3v) is 8.42. The van der Waals surface area contributed by atoms with Gasteiger partial charge in [0, 0.05) is 21.2 Å². The summed E-state index contributed by atoms with van der Waals surface area (Å²) in [7, 11) is 1.56. The Balaban J connectivity index is 1.34. The van der Waals surface area contributed by atoms with Gasteiger partial charge in [0.2, 0.25) is 5.91 Å². The Hall–Kier alpha value is -5.31. The number of amides is 3. The topological polar surface area (TPSA) is 96.5 Å². The van der Waals surface area contributed by atoms with E-state index in [0.717, 1.165) is 10.5 Å². The molecule has 0 heterocycles. The second kappa shape index (κ2) is 15.6. The molecule has 0 fully saturated rings. The molecule has 5 aromatic carbocycles. The van der Waals surface area contributed by atoms with Gasteiger partial charge in [0.25, 0.3) is 11.8 Å². The Bertz CT molecular complexity index is 1850. The summed E-state index contributed by atoms with van der Waals surface area (Å²) in [6.45, 7) is 0. The van der Waals surface area contributed by atoms with Crippen molar-refractivity contribution in [2.45, 2.75) is 10.1 Å². The highest BCUT2D eigenvalue weighted by atomic mass is 35.5. The summed E-state index contributed by atoms with van der Waals surface area (Å²) in [4.78, 5) is 40.8. The average Bonchev–Trinajstić information content (AvgIpc) is 3.09. The quantitative estimate of drug-likeness (QED) is 0.0991. The van der Waals surface area contributed by atoms with Crippen LogP contribution in [0.1, 0.15) is 26.7 Å². The zero-order chi connectivity index (χ0) is 32.3. The van der Waals surface area contributed by atoms with Crippen molar-refractivity contribution >= 4 is 58.5 Å². The fourth-order valence-electron chi connectivity index (χ4n) is 4.49. The number of hydrogen-bond acceptors (Lipinski definition) is 5. The number of carbonyl (C=O) groups excluding carboxylic acids is 3. The van der Waals surface area contributed by atoms with Crippen molar-refractivity contribution in [3.05, 3.63) is 161 Å². The minimum Gasteiger partial charge on any atom is -0.495 e. The first-order chi connectivity index (χ1) is 22.4. The summed E-state index contributed by atoms with van der Waals surface area (Å²) in [5.41, 5.74) is 2.92. The molecular formula is C37H30ClN3O4S. The van der Waals surface area contributed by atoms with E-state index in [4.69, 9.17) is 16.3 Å². The molecule has 0 saturated heterocycles. The molecule has 3 amide bonds. The molecule has 0 bridgehead atoms. The molecule has 5 aromatic rings. The summed E-state index contributed by atoms with van der Waals surface area (Å²) in [6.07, 6.45) is 1.54. The second-order valence-electron chi connectivity index (χ2n) is 9.98. The molecule has 3 N–H and O–H groups in total. The van der Waals surface area contributed by atoms with Crippen molar-refractivity contribution < 1.29 is 19.1 Å². The lowest BCUT2D eigenvalue weighted by Gasteiger charge is -2.18. The van der Waals surface area contributed by atoms with E-state index in [1.165, 1.54) is 17.8 Å². The highest BCUT2D eigenvalue weighted by molar-refractivity contribution is 8.00. The number of thioether (sulfide) groups is 1. The number of nitrogens with one attached hydrogen (secondary N) is 3. The number of carbonyl (C=O) groups is 3. The van der Waals surface area contributed by atoms with Gasteiger partial charge < -0.3 is 20.7 Å². The maximum Gasteiger partial charge on any atom is 0.272 e. The van der Waals surface area contributed by atoms with Crippen LogP contribution in [0, 0.1) is 0 Å². The van der Waals surface area contributed by atoms with Gasteiger partial charge in [-0.2, -0.15) is 0 Å². The van der Waals surface area contributed by atoms with Crippen LogP contribution in [-0.2, 0) is 9.59 Å². The van der Waals surface area contributed by atoms with E-state index in [1.54, 1.807) is 86.0 Å². The van der Waals surface area contributed by atoms with Crippen LogP contribution in [0.4, 0.5) is 11.4 Å². The predicted molar refractivity (Wildman–Crippen MR) is 185 cm³/mol. The lowest BCUT2D eigenvalue weighted by Crippen LogP contribution is -2.30. The van der Waals surface area contributed by atoms with Gasteiger partial charge in [-0.3, -0.25) is 14.4 Å². The number of hydrogen-bond donors (Lipinski definition) is 3. The van der Waals surface area contributed by atoms with Crippen LogP contribution in [0.25, 0.3) is 6.08 Å². The van der Waals surface area contributed by atoms with Crippen LogP contribution in [-0.4, -0.2) is 24.8 Å². The van der Waals surface area contributed by atoms with Gasteiger partial charge in [0.1, 0.15) is 16.7 Å². The number of benzene rings is 5. The maximum atomic E-state index is 13.5. The van der Waals surface area contributed by atoms with Gasteiger partial charge in [-0.05, 0) is 71.8 Å². The highest BCUT2D eigenvalue weighted by Gasteiger charge is 2.23. The van der Waals surface area contributed by atoms with E-state index in [-0.39, 0.29) is 11.6 Å². The molecule has 0 aliphatic heterocycles. The van der Waals surface area contributed by atoms with Crippen molar-refractivity contribution in [1.82, 2.24) is 5.32 Å². The first kappa shape index (κ1) is 32.1. The van der Waals surface area contributed by atoms with E-state index in [1.807, 2.05) is 54.6 Å².